The van der Waals surface area contributed by atoms with Gasteiger partial charge < -0.3 is 15.1 Å². The van der Waals surface area contributed by atoms with Crippen molar-refractivity contribution < 1.29 is 0 Å². The number of rotatable bonds is 5. The minimum atomic E-state index is -0.375. The molecule has 1 saturated carbocycles. The van der Waals surface area contributed by atoms with Gasteiger partial charge in [-0.1, -0.05) is 129 Å². The smallest absolute Gasteiger partial charge is 0.171 e. The molecule has 0 amide bonds. The third-order valence-electron chi connectivity index (χ3n) is 12.0. The van der Waals surface area contributed by atoms with Crippen LogP contribution in [0.4, 0.5) is 17.1 Å². The van der Waals surface area contributed by atoms with E-state index in [1.54, 1.807) is 0 Å². The van der Waals surface area contributed by atoms with Gasteiger partial charge in [0.05, 0.1) is 11.7 Å². The first-order chi connectivity index (χ1) is 25.8. The summed E-state index contributed by atoms with van der Waals surface area (Å²) in [4.78, 5) is 16.3. The summed E-state index contributed by atoms with van der Waals surface area (Å²) in [6, 6.07) is 38.2. The van der Waals surface area contributed by atoms with Gasteiger partial charge in [0.2, 0.25) is 0 Å². The molecule has 0 aromatic heterocycles. The summed E-state index contributed by atoms with van der Waals surface area (Å²) in [5.41, 5.74) is 12.7. The molecule has 5 heteroatoms. The van der Waals surface area contributed by atoms with Gasteiger partial charge in [-0.05, 0) is 73.9 Å². The summed E-state index contributed by atoms with van der Waals surface area (Å²) in [6.45, 7) is 0. The number of para-hydroxylation sites is 3. The summed E-state index contributed by atoms with van der Waals surface area (Å²) >= 11 is 0. The van der Waals surface area contributed by atoms with Crippen LogP contribution in [0.5, 0.6) is 0 Å². The van der Waals surface area contributed by atoms with E-state index in [0.717, 1.165) is 48.5 Å². The van der Waals surface area contributed by atoms with Gasteiger partial charge in [-0.25, -0.2) is 9.98 Å². The monoisotopic (exact) mass is 679 g/mol. The maximum atomic E-state index is 5.61. The Labute approximate surface area is 307 Å². The van der Waals surface area contributed by atoms with E-state index >= 15 is 0 Å². The number of nitrogens with zero attached hydrogens (tertiary/aromatic N) is 4. The van der Waals surface area contributed by atoms with E-state index in [1.807, 2.05) is 0 Å². The zero-order valence-corrected chi connectivity index (χ0v) is 29.7. The zero-order chi connectivity index (χ0) is 34.4. The number of benzene rings is 4. The van der Waals surface area contributed by atoms with Crippen molar-refractivity contribution in [2.75, 3.05) is 9.80 Å². The van der Waals surface area contributed by atoms with Crippen LogP contribution in [0.2, 0.25) is 0 Å². The number of fused-ring (bicyclic) bond motifs is 6. The van der Waals surface area contributed by atoms with E-state index in [0.29, 0.717) is 12.0 Å². The SMILES string of the molecule is C1=CCC2C(=C1)c1ccccc1N2c1ccccc1C1=NC(C2=CCCCC=C2N2c3ccccc3C3CCCCCC32)N=C(c2ccccc2)N1. The Kier molecular flexibility index (Phi) is 8.00. The van der Waals surface area contributed by atoms with E-state index in [1.165, 1.54) is 77.1 Å². The van der Waals surface area contributed by atoms with Gasteiger partial charge in [-0.2, -0.15) is 0 Å². The highest BCUT2D eigenvalue weighted by atomic mass is 15.2. The number of aliphatic imine (C=N–C) groups is 2. The van der Waals surface area contributed by atoms with Gasteiger partial charge in [0.1, 0.15) is 11.7 Å². The first-order valence-corrected chi connectivity index (χ1v) is 19.4. The molecule has 4 aromatic carbocycles. The molecule has 0 saturated heterocycles. The molecule has 0 bridgehead atoms. The van der Waals surface area contributed by atoms with Gasteiger partial charge >= 0.3 is 0 Å². The van der Waals surface area contributed by atoms with Crippen LogP contribution in [0.15, 0.2) is 155 Å². The number of hydrogen-bond acceptors (Lipinski definition) is 5. The van der Waals surface area contributed by atoms with Crippen LogP contribution in [0.25, 0.3) is 5.57 Å². The Morgan fingerprint density at radius 1 is 0.596 bits per heavy atom. The van der Waals surface area contributed by atoms with E-state index in [2.05, 4.69) is 149 Å². The lowest BCUT2D eigenvalue weighted by Crippen LogP contribution is -2.41. The first kappa shape index (κ1) is 31.3. The van der Waals surface area contributed by atoms with Gasteiger partial charge in [0, 0.05) is 51.3 Å². The van der Waals surface area contributed by atoms with Crippen LogP contribution in [0.3, 0.4) is 0 Å². The summed E-state index contributed by atoms with van der Waals surface area (Å²) in [6.07, 6.45) is 22.0. The second-order valence-corrected chi connectivity index (χ2v) is 14.9. The molecule has 0 spiro atoms. The average molecular weight is 680 g/mol. The number of amidine groups is 2. The molecule has 6 aliphatic rings. The van der Waals surface area contributed by atoms with Gasteiger partial charge in [-0.3, -0.25) is 0 Å². The summed E-state index contributed by atoms with van der Waals surface area (Å²) < 4.78 is 0. The fraction of sp³-hybridized carbons (Fsp3) is 0.277. The van der Waals surface area contributed by atoms with E-state index in [9.17, 15) is 0 Å². The molecule has 3 aliphatic heterocycles. The van der Waals surface area contributed by atoms with Crippen molar-refractivity contribution in [2.45, 2.75) is 82.0 Å². The van der Waals surface area contributed by atoms with Crippen LogP contribution in [0, 0.1) is 0 Å². The molecule has 52 heavy (non-hydrogen) atoms. The Hall–Kier alpha value is -5.42. The molecule has 258 valence electrons. The molecule has 0 radical (unpaired) electrons. The Morgan fingerprint density at radius 3 is 2.19 bits per heavy atom. The lowest BCUT2D eigenvalue weighted by atomic mass is 9.90. The number of allylic oxidation sites excluding steroid dienone is 4. The molecule has 3 aliphatic carbocycles. The maximum absolute atomic E-state index is 5.61. The molecule has 5 nitrogen and oxygen atoms in total. The van der Waals surface area contributed by atoms with Crippen molar-refractivity contribution in [1.82, 2.24) is 5.32 Å². The van der Waals surface area contributed by atoms with E-state index < -0.39 is 0 Å². The van der Waals surface area contributed by atoms with Crippen LogP contribution < -0.4 is 15.1 Å². The summed E-state index contributed by atoms with van der Waals surface area (Å²) in [5.74, 6) is 2.31. The molecule has 4 atom stereocenters. The van der Waals surface area contributed by atoms with Crippen molar-refractivity contribution in [2.24, 2.45) is 9.98 Å². The normalized spacial score (nSPS) is 24.8. The summed E-state index contributed by atoms with van der Waals surface area (Å²) in [7, 11) is 0. The predicted molar refractivity (Wildman–Crippen MR) is 216 cm³/mol. The predicted octanol–water partition coefficient (Wildman–Crippen LogP) is 10.6. The van der Waals surface area contributed by atoms with Crippen LogP contribution in [-0.4, -0.2) is 29.9 Å². The second kappa shape index (κ2) is 13.3. The molecule has 10 rings (SSSR count). The minimum Gasteiger partial charge on any atom is -0.337 e. The zero-order valence-electron chi connectivity index (χ0n) is 29.7. The minimum absolute atomic E-state index is 0.243. The third-order valence-corrected chi connectivity index (χ3v) is 12.0. The number of hydrogen-bond donors (Lipinski definition) is 1. The highest BCUT2D eigenvalue weighted by Crippen LogP contribution is 2.51. The average Bonchev–Trinajstić information content (AvgIpc) is 3.41. The van der Waals surface area contributed by atoms with Crippen LogP contribution in [-0.2, 0) is 0 Å². The third kappa shape index (κ3) is 5.28. The van der Waals surface area contributed by atoms with E-state index in [4.69, 9.17) is 9.98 Å². The molecular weight excluding hydrogens is 635 g/mol. The molecule has 3 heterocycles. The van der Waals surface area contributed by atoms with Crippen molar-refractivity contribution >= 4 is 34.3 Å². The van der Waals surface area contributed by atoms with Crippen LogP contribution in [0.1, 0.15) is 86.0 Å². The quantitative estimate of drug-likeness (QED) is 0.228. The lowest BCUT2D eigenvalue weighted by Gasteiger charge is -2.35. The molecule has 4 unspecified atom stereocenters. The Balaban J connectivity index is 1.11. The van der Waals surface area contributed by atoms with Crippen LogP contribution >= 0.6 is 0 Å². The van der Waals surface area contributed by atoms with Gasteiger partial charge in [0.15, 0.2) is 6.17 Å². The number of nitrogens with one attached hydrogen (secondary N) is 1. The summed E-state index contributed by atoms with van der Waals surface area (Å²) in [5, 5.41) is 3.77. The molecule has 1 N–H and O–H groups in total. The largest absolute Gasteiger partial charge is 0.337 e. The van der Waals surface area contributed by atoms with Gasteiger partial charge in [0.25, 0.3) is 0 Å². The van der Waals surface area contributed by atoms with Gasteiger partial charge in [-0.15, -0.1) is 0 Å². The first-order valence-electron chi connectivity index (χ1n) is 19.4. The van der Waals surface area contributed by atoms with Crippen molar-refractivity contribution in [3.8, 4) is 0 Å². The Bertz CT molecular complexity index is 2200. The fourth-order valence-corrected chi connectivity index (χ4v) is 9.66. The highest BCUT2D eigenvalue weighted by molar-refractivity contribution is 6.18. The number of anilines is 3. The second-order valence-electron chi connectivity index (χ2n) is 14.9. The molecule has 4 aromatic rings. The molecule has 1 fully saturated rings. The highest BCUT2D eigenvalue weighted by Gasteiger charge is 2.42. The maximum Gasteiger partial charge on any atom is 0.171 e. The fourth-order valence-electron chi connectivity index (χ4n) is 9.66. The van der Waals surface area contributed by atoms with E-state index in [-0.39, 0.29) is 12.2 Å². The Morgan fingerprint density at radius 2 is 1.31 bits per heavy atom. The standard InChI is InChI=1S/C47H45N5/c1-4-18-32(19-5-1)45-48-46(37-24-7-3-9-27-43(37)51-39-26-8-2-6-20-33(39)34-21-10-14-28-40(34)51)50-47(49-45)38-25-13-17-31-44(38)52-41-29-15-11-22-35(41)36-23-12-16-30-42(36)52/h1,4-5,10-19,21-25,27-29,31,33,39,42,46H,2-3,6-9,20,26,30H2,(H,48,49,50). The van der Waals surface area contributed by atoms with Crippen molar-refractivity contribution in [3.63, 3.8) is 0 Å². The van der Waals surface area contributed by atoms with Crippen molar-refractivity contribution in [1.29, 1.82) is 0 Å². The lowest BCUT2D eigenvalue weighted by molar-refractivity contribution is 0.518. The molecular formula is C47H45N5. The van der Waals surface area contributed by atoms with Crippen molar-refractivity contribution in [3.05, 3.63) is 167 Å². The topological polar surface area (TPSA) is 43.2 Å².